The minimum Gasteiger partial charge on any atom is -0.326 e. The van der Waals surface area contributed by atoms with Gasteiger partial charge in [-0.3, -0.25) is 4.57 Å². The zero-order valence-corrected chi connectivity index (χ0v) is 9.86. The molecule has 0 saturated heterocycles. The number of hydrogen-bond acceptors (Lipinski definition) is 1. The molecule has 0 aromatic heterocycles. The summed E-state index contributed by atoms with van der Waals surface area (Å²) in [5.41, 5.74) is 4.59. The van der Waals surface area contributed by atoms with E-state index in [0.29, 0.717) is 0 Å². The van der Waals surface area contributed by atoms with Crippen molar-refractivity contribution in [2.45, 2.75) is 32.6 Å². The molecule has 0 saturated carbocycles. The number of benzene rings is 1. The Balaban J connectivity index is 0.000000245. The summed E-state index contributed by atoms with van der Waals surface area (Å²) in [7, 11) is -3.13. The van der Waals surface area contributed by atoms with Crippen molar-refractivity contribution < 1.29 is 14.4 Å². The van der Waals surface area contributed by atoms with Crippen LogP contribution in [0.15, 0.2) is 18.2 Å². The van der Waals surface area contributed by atoms with Crippen molar-refractivity contribution in [3.05, 3.63) is 34.9 Å². The Morgan fingerprint density at radius 1 is 1.13 bits per heavy atom. The van der Waals surface area contributed by atoms with Gasteiger partial charge in [0.15, 0.2) is 0 Å². The summed E-state index contributed by atoms with van der Waals surface area (Å²) in [5, 5.41) is 0. The predicted octanol–water partition coefficient (Wildman–Crippen LogP) is 2.23. The monoisotopic (exact) mass is 228 g/mol. The summed E-state index contributed by atoms with van der Waals surface area (Å²) in [5.74, 6) is 0. The largest absolute Gasteiger partial charge is 0.326 e. The Labute approximate surface area is 90.7 Å². The van der Waals surface area contributed by atoms with Crippen molar-refractivity contribution in [3.63, 3.8) is 0 Å². The van der Waals surface area contributed by atoms with Crippen molar-refractivity contribution in [2.24, 2.45) is 0 Å². The molecule has 0 atom stereocenters. The smallest absolute Gasteiger partial charge is 0.314 e. The number of rotatable bonds is 0. The number of aryl methyl sites for hydroxylation is 3. The molecule has 0 amide bonds. The van der Waals surface area contributed by atoms with Crippen LogP contribution in [0.5, 0.6) is 0 Å². The second-order valence-electron chi connectivity index (χ2n) is 3.76. The Morgan fingerprint density at radius 2 is 1.67 bits per heavy atom. The molecule has 0 spiro atoms. The first-order valence-electron chi connectivity index (χ1n) is 5.10. The number of hydrogen-bond donors (Lipinski definition) is 2. The first kappa shape index (κ1) is 12.4. The van der Waals surface area contributed by atoms with E-state index in [1.54, 1.807) is 11.1 Å². The Hall–Kier alpha value is -0.630. The quantitative estimate of drug-likeness (QED) is 0.669. The Kier molecular flexibility index (Phi) is 5.03. The van der Waals surface area contributed by atoms with Crippen LogP contribution in [-0.4, -0.2) is 9.79 Å². The molecule has 1 aromatic rings. The van der Waals surface area contributed by atoms with E-state index in [9.17, 15) is 0 Å². The minimum atomic E-state index is -3.13. The van der Waals surface area contributed by atoms with Gasteiger partial charge in [0.05, 0.1) is 0 Å². The summed E-state index contributed by atoms with van der Waals surface area (Å²) in [6, 6.07) is 6.86. The van der Waals surface area contributed by atoms with Gasteiger partial charge in [0, 0.05) is 0 Å². The normalized spacial score (nSPS) is 14.1. The van der Waals surface area contributed by atoms with E-state index in [0.717, 1.165) is 0 Å². The van der Waals surface area contributed by atoms with Crippen LogP contribution >= 0.6 is 8.25 Å². The molecule has 0 bridgehead atoms. The van der Waals surface area contributed by atoms with Gasteiger partial charge < -0.3 is 9.79 Å². The lowest BCUT2D eigenvalue weighted by Gasteiger charge is -2.15. The van der Waals surface area contributed by atoms with Crippen LogP contribution in [0.2, 0.25) is 0 Å². The molecule has 3 nitrogen and oxygen atoms in total. The third-order valence-electron chi connectivity index (χ3n) is 2.50. The molecule has 0 aliphatic heterocycles. The predicted molar refractivity (Wildman–Crippen MR) is 61.3 cm³/mol. The molecule has 15 heavy (non-hydrogen) atoms. The molecule has 1 aromatic carbocycles. The molecule has 4 heteroatoms. The van der Waals surface area contributed by atoms with E-state index in [4.69, 9.17) is 14.4 Å². The van der Waals surface area contributed by atoms with Crippen molar-refractivity contribution in [1.82, 2.24) is 0 Å². The van der Waals surface area contributed by atoms with E-state index in [-0.39, 0.29) is 0 Å². The molecule has 0 fully saturated rings. The maximum Gasteiger partial charge on any atom is 0.314 e. The maximum absolute atomic E-state index is 8.74. The van der Waals surface area contributed by atoms with Crippen molar-refractivity contribution in [2.75, 3.05) is 0 Å². The zero-order valence-electron chi connectivity index (χ0n) is 8.86. The van der Waals surface area contributed by atoms with Crippen molar-refractivity contribution in [3.8, 4) is 0 Å². The summed E-state index contributed by atoms with van der Waals surface area (Å²) in [4.78, 5) is 14.3. The van der Waals surface area contributed by atoms with Gasteiger partial charge in [-0.2, -0.15) is 0 Å². The summed E-state index contributed by atoms with van der Waals surface area (Å²) < 4.78 is 8.74. The standard InChI is InChI=1S/C11H14.H3O3P/c1-9-6-7-10-4-2-3-5-11(10)8-9;1-4(2)3/h6-8H,2-5H2,1H3;4H,(H2,1,2,3). The van der Waals surface area contributed by atoms with Gasteiger partial charge in [0.25, 0.3) is 0 Å². The summed E-state index contributed by atoms with van der Waals surface area (Å²) in [6.45, 7) is 2.18. The second kappa shape index (κ2) is 6.06. The highest BCUT2D eigenvalue weighted by Crippen LogP contribution is 2.21. The SMILES string of the molecule is Cc1ccc2c(c1)CCCC2.O=[PH](O)O. The van der Waals surface area contributed by atoms with Crippen LogP contribution in [0.25, 0.3) is 0 Å². The van der Waals surface area contributed by atoms with Crippen LogP contribution in [0, 0.1) is 6.92 Å². The van der Waals surface area contributed by atoms with Gasteiger partial charge in [-0.05, 0) is 43.7 Å². The van der Waals surface area contributed by atoms with Crippen LogP contribution in [-0.2, 0) is 17.4 Å². The van der Waals surface area contributed by atoms with Gasteiger partial charge in [-0.1, -0.05) is 23.8 Å². The lowest BCUT2D eigenvalue weighted by molar-refractivity contribution is 0.405. The molecular formula is C11H17O3P. The molecule has 84 valence electrons. The van der Waals surface area contributed by atoms with Crippen molar-refractivity contribution >= 4 is 8.25 Å². The van der Waals surface area contributed by atoms with Crippen molar-refractivity contribution in [1.29, 1.82) is 0 Å². The molecule has 2 N–H and O–H groups in total. The fourth-order valence-electron chi connectivity index (χ4n) is 1.86. The summed E-state index contributed by atoms with van der Waals surface area (Å²) >= 11 is 0. The van der Waals surface area contributed by atoms with Gasteiger partial charge in [-0.25, -0.2) is 0 Å². The van der Waals surface area contributed by atoms with Crippen LogP contribution in [0.4, 0.5) is 0 Å². The third kappa shape index (κ3) is 4.61. The topological polar surface area (TPSA) is 57.5 Å². The van der Waals surface area contributed by atoms with E-state index in [2.05, 4.69) is 25.1 Å². The summed E-state index contributed by atoms with van der Waals surface area (Å²) in [6.07, 6.45) is 5.37. The first-order chi connectivity index (χ1) is 7.09. The molecule has 0 radical (unpaired) electrons. The maximum atomic E-state index is 8.74. The Bertz CT molecular complexity index is 346. The van der Waals surface area contributed by atoms with E-state index >= 15 is 0 Å². The van der Waals surface area contributed by atoms with Gasteiger partial charge >= 0.3 is 8.25 Å². The van der Waals surface area contributed by atoms with Crippen LogP contribution in [0.1, 0.15) is 29.5 Å². The highest BCUT2D eigenvalue weighted by Gasteiger charge is 2.07. The highest BCUT2D eigenvalue weighted by molar-refractivity contribution is 7.30. The van der Waals surface area contributed by atoms with Crippen LogP contribution < -0.4 is 0 Å². The van der Waals surface area contributed by atoms with Crippen LogP contribution in [0.3, 0.4) is 0 Å². The van der Waals surface area contributed by atoms with Gasteiger partial charge in [0.1, 0.15) is 0 Å². The third-order valence-corrected chi connectivity index (χ3v) is 2.50. The lowest BCUT2D eigenvalue weighted by Crippen LogP contribution is -2.01. The fourth-order valence-corrected chi connectivity index (χ4v) is 1.86. The Morgan fingerprint density at radius 3 is 2.27 bits per heavy atom. The molecule has 0 unspecified atom stereocenters. The van der Waals surface area contributed by atoms with Gasteiger partial charge in [0.2, 0.25) is 0 Å². The van der Waals surface area contributed by atoms with Gasteiger partial charge in [-0.15, -0.1) is 0 Å². The lowest BCUT2D eigenvalue weighted by atomic mass is 9.91. The molecular weight excluding hydrogens is 211 g/mol. The minimum absolute atomic E-state index is 1.30. The molecule has 0 heterocycles. The second-order valence-corrected chi connectivity index (χ2v) is 4.33. The average molecular weight is 228 g/mol. The highest BCUT2D eigenvalue weighted by atomic mass is 31.1. The average Bonchev–Trinajstić information content (AvgIpc) is 2.16. The first-order valence-corrected chi connectivity index (χ1v) is 6.40. The number of fused-ring (bicyclic) bond motifs is 1. The molecule has 2 rings (SSSR count). The van der Waals surface area contributed by atoms with E-state index < -0.39 is 8.25 Å². The van der Waals surface area contributed by atoms with E-state index in [1.807, 2.05) is 0 Å². The molecule has 1 aliphatic rings. The zero-order chi connectivity index (χ0) is 11.3. The molecule has 1 aliphatic carbocycles. The van der Waals surface area contributed by atoms with E-state index in [1.165, 1.54) is 31.2 Å². The fraction of sp³-hybridized carbons (Fsp3) is 0.455.